The number of hydrogen-bond donors (Lipinski definition) is 1. The molecule has 0 saturated heterocycles. The molecule has 0 saturated carbocycles. The van der Waals surface area contributed by atoms with Crippen LogP contribution in [0.4, 0.5) is 0 Å². The van der Waals surface area contributed by atoms with Crippen LogP contribution in [-0.2, 0) is 0 Å². The second kappa shape index (κ2) is 6.79. The molecule has 0 aliphatic carbocycles. The molecular weight excluding hydrogens is 346 g/mol. The molecule has 1 aromatic heterocycles. The fraction of sp³-hybridized carbons (Fsp3) is 0.385. The van der Waals surface area contributed by atoms with Gasteiger partial charge in [-0.2, -0.15) is 0 Å². The molecule has 102 valence electrons. The molecule has 0 fully saturated rings. The molecule has 1 atom stereocenters. The molecule has 1 heterocycles. The summed E-state index contributed by atoms with van der Waals surface area (Å²) in [5.74, 6) is 0. The zero-order valence-corrected chi connectivity index (χ0v) is 13.9. The lowest BCUT2D eigenvalue weighted by atomic mass is 10.2. The minimum atomic E-state index is 0.220. The monoisotopic (exact) mass is 359 g/mol. The van der Waals surface area contributed by atoms with E-state index in [1.807, 2.05) is 18.2 Å². The van der Waals surface area contributed by atoms with Crippen LogP contribution in [0, 0.1) is 0 Å². The lowest BCUT2D eigenvalue weighted by Crippen LogP contribution is -2.18. The molecule has 1 aromatic carbocycles. The Hall–Kier alpha value is -0.490. The van der Waals surface area contributed by atoms with Crippen molar-refractivity contribution in [3.63, 3.8) is 0 Å². The quantitative estimate of drug-likeness (QED) is 0.841. The third-order valence-corrected chi connectivity index (χ3v) is 5.13. The number of aromatic nitrogens is 2. The van der Waals surface area contributed by atoms with Gasteiger partial charge < -0.3 is 5.32 Å². The van der Waals surface area contributed by atoms with E-state index in [9.17, 15) is 0 Å². The summed E-state index contributed by atoms with van der Waals surface area (Å²) < 4.78 is 0.876. The van der Waals surface area contributed by atoms with E-state index in [0.29, 0.717) is 5.02 Å². The number of nitrogens with zero attached hydrogens (tertiary/aromatic N) is 2. The number of halogens is 2. The highest BCUT2D eigenvalue weighted by Crippen LogP contribution is 2.35. The zero-order chi connectivity index (χ0) is 13.8. The van der Waals surface area contributed by atoms with E-state index in [1.54, 1.807) is 11.3 Å². The Morgan fingerprint density at radius 2 is 2.21 bits per heavy atom. The average molecular weight is 361 g/mol. The van der Waals surface area contributed by atoms with Crippen LogP contribution in [0.5, 0.6) is 0 Å². The number of rotatable bonds is 5. The fourth-order valence-corrected chi connectivity index (χ4v) is 3.17. The highest BCUT2D eigenvalue weighted by atomic mass is 79.9. The molecule has 6 heteroatoms. The highest BCUT2D eigenvalue weighted by molar-refractivity contribution is 9.10. The Morgan fingerprint density at radius 1 is 1.42 bits per heavy atom. The first-order valence-electron chi connectivity index (χ1n) is 6.14. The van der Waals surface area contributed by atoms with Crippen molar-refractivity contribution in [1.29, 1.82) is 0 Å². The number of hydrogen-bond acceptors (Lipinski definition) is 4. The third-order valence-electron chi connectivity index (χ3n) is 2.69. The minimum Gasteiger partial charge on any atom is -0.308 e. The van der Waals surface area contributed by atoms with E-state index in [4.69, 9.17) is 11.6 Å². The van der Waals surface area contributed by atoms with Gasteiger partial charge in [-0.25, -0.2) is 0 Å². The van der Waals surface area contributed by atoms with Gasteiger partial charge in [0.1, 0.15) is 10.0 Å². The van der Waals surface area contributed by atoms with Crippen molar-refractivity contribution in [2.24, 2.45) is 0 Å². The average Bonchev–Trinajstić information content (AvgIpc) is 2.88. The van der Waals surface area contributed by atoms with Crippen LogP contribution in [0.2, 0.25) is 5.02 Å². The van der Waals surface area contributed by atoms with Crippen LogP contribution in [0.3, 0.4) is 0 Å². The molecule has 2 aromatic rings. The maximum absolute atomic E-state index is 6.28. The summed E-state index contributed by atoms with van der Waals surface area (Å²) in [7, 11) is 0. The molecule has 0 amide bonds. The molecule has 0 radical (unpaired) electrons. The smallest absolute Gasteiger partial charge is 0.149 e. The van der Waals surface area contributed by atoms with E-state index >= 15 is 0 Å². The molecule has 0 aliphatic heterocycles. The second-order valence-electron chi connectivity index (χ2n) is 4.22. The van der Waals surface area contributed by atoms with Gasteiger partial charge in [0.05, 0.1) is 11.1 Å². The first kappa shape index (κ1) is 14.9. The van der Waals surface area contributed by atoms with Crippen molar-refractivity contribution in [2.75, 3.05) is 6.54 Å². The van der Waals surface area contributed by atoms with Gasteiger partial charge in [0.15, 0.2) is 0 Å². The van der Waals surface area contributed by atoms with E-state index in [0.717, 1.165) is 33.0 Å². The second-order valence-corrected chi connectivity index (χ2v) is 6.46. The molecule has 1 unspecified atom stereocenters. The van der Waals surface area contributed by atoms with Crippen molar-refractivity contribution in [3.8, 4) is 10.6 Å². The van der Waals surface area contributed by atoms with Gasteiger partial charge in [-0.15, -0.1) is 10.2 Å². The van der Waals surface area contributed by atoms with Gasteiger partial charge in [-0.1, -0.05) is 42.0 Å². The van der Waals surface area contributed by atoms with Crippen LogP contribution < -0.4 is 5.32 Å². The molecule has 19 heavy (non-hydrogen) atoms. The summed E-state index contributed by atoms with van der Waals surface area (Å²) in [6, 6.07) is 6.04. The number of nitrogens with one attached hydrogen (secondary N) is 1. The topological polar surface area (TPSA) is 37.8 Å². The third kappa shape index (κ3) is 3.54. The first-order chi connectivity index (χ1) is 9.13. The fourth-order valence-electron chi connectivity index (χ4n) is 1.64. The molecule has 0 aliphatic rings. The molecule has 0 spiro atoms. The van der Waals surface area contributed by atoms with Gasteiger partial charge in [-0.05, 0) is 41.9 Å². The molecule has 2 rings (SSSR count). The summed E-state index contributed by atoms with van der Waals surface area (Å²) in [6.07, 6.45) is 1.10. The Balaban J connectivity index is 2.23. The normalized spacial score (nSPS) is 12.6. The summed E-state index contributed by atoms with van der Waals surface area (Å²) in [5, 5.41) is 14.4. The maximum Gasteiger partial charge on any atom is 0.149 e. The Morgan fingerprint density at radius 3 is 2.95 bits per heavy atom. The van der Waals surface area contributed by atoms with E-state index in [2.05, 4.69) is 45.3 Å². The van der Waals surface area contributed by atoms with E-state index in [1.165, 1.54) is 0 Å². The summed E-state index contributed by atoms with van der Waals surface area (Å²) in [6.45, 7) is 5.22. The van der Waals surface area contributed by atoms with Crippen molar-refractivity contribution < 1.29 is 0 Å². The lowest BCUT2D eigenvalue weighted by molar-refractivity contribution is 0.564. The summed E-state index contributed by atoms with van der Waals surface area (Å²) in [5.41, 5.74) is 0.919. The Kier molecular flexibility index (Phi) is 5.33. The van der Waals surface area contributed by atoms with Gasteiger partial charge in [0.2, 0.25) is 0 Å². The van der Waals surface area contributed by atoms with Crippen LogP contribution in [0.1, 0.15) is 31.3 Å². The van der Waals surface area contributed by atoms with Crippen molar-refractivity contribution in [1.82, 2.24) is 15.5 Å². The summed E-state index contributed by atoms with van der Waals surface area (Å²) >= 11 is 11.3. The molecule has 1 N–H and O–H groups in total. The van der Waals surface area contributed by atoms with Crippen molar-refractivity contribution >= 4 is 38.9 Å². The van der Waals surface area contributed by atoms with Crippen molar-refractivity contribution in [3.05, 3.63) is 32.7 Å². The number of benzene rings is 1. The van der Waals surface area contributed by atoms with Gasteiger partial charge in [0.25, 0.3) is 0 Å². The summed E-state index contributed by atoms with van der Waals surface area (Å²) in [4.78, 5) is 0. The van der Waals surface area contributed by atoms with Crippen LogP contribution in [0.25, 0.3) is 10.6 Å². The van der Waals surface area contributed by atoms with Crippen LogP contribution >= 0.6 is 38.9 Å². The highest BCUT2D eigenvalue weighted by Gasteiger charge is 2.15. The molecule has 3 nitrogen and oxygen atoms in total. The van der Waals surface area contributed by atoms with Crippen molar-refractivity contribution in [2.45, 2.75) is 26.3 Å². The van der Waals surface area contributed by atoms with Crippen LogP contribution in [0.15, 0.2) is 22.7 Å². The first-order valence-corrected chi connectivity index (χ1v) is 8.13. The zero-order valence-electron chi connectivity index (χ0n) is 10.8. The minimum absolute atomic E-state index is 0.220. The van der Waals surface area contributed by atoms with Crippen LogP contribution in [-0.4, -0.2) is 16.7 Å². The molecular formula is C13H15BrClN3S. The SMILES string of the molecule is CCCNC(C)c1nnc(-c2cccc(Br)c2Cl)s1. The van der Waals surface area contributed by atoms with Gasteiger partial charge in [0, 0.05) is 10.0 Å². The van der Waals surface area contributed by atoms with Gasteiger partial charge in [-0.3, -0.25) is 0 Å². The standard InChI is InChI=1S/C13H15BrClN3S/c1-3-7-16-8(2)12-17-18-13(19-12)9-5-4-6-10(14)11(9)15/h4-6,8,16H,3,7H2,1-2H3. The lowest BCUT2D eigenvalue weighted by Gasteiger charge is -2.08. The Bertz CT molecular complexity index is 559. The maximum atomic E-state index is 6.28. The molecule has 0 bridgehead atoms. The van der Waals surface area contributed by atoms with Gasteiger partial charge >= 0.3 is 0 Å². The predicted octanol–water partition coefficient (Wildman–Crippen LogP) is 4.68. The predicted molar refractivity (Wildman–Crippen MR) is 84.8 cm³/mol. The van der Waals surface area contributed by atoms with E-state index < -0.39 is 0 Å². The Labute approximate surface area is 130 Å². The van der Waals surface area contributed by atoms with E-state index in [-0.39, 0.29) is 6.04 Å². The largest absolute Gasteiger partial charge is 0.308 e.